The molecule has 1 aliphatic heterocycles. The summed E-state index contributed by atoms with van der Waals surface area (Å²) in [6.45, 7) is 2.05. The second-order valence-electron chi connectivity index (χ2n) is 6.04. The molecule has 0 bridgehead atoms. The van der Waals surface area contributed by atoms with Gasteiger partial charge in [0.25, 0.3) is 0 Å². The Morgan fingerprint density at radius 3 is 2.50 bits per heavy atom. The molecule has 0 aliphatic carbocycles. The van der Waals surface area contributed by atoms with E-state index in [2.05, 4.69) is 36.4 Å². The summed E-state index contributed by atoms with van der Waals surface area (Å²) in [6.07, 6.45) is 0. The maximum Gasteiger partial charge on any atom is 0.205 e. The van der Waals surface area contributed by atoms with Gasteiger partial charge in [-0.3, -0.25) is 0 Å². The van der Waals surface area contributed by atoms with Crippen LogP contribution in [-0.2, 0) is 0 Å². The third kappa shape index (κ3) is 2.12. The molecule has 0 radical (unpaired) electrons. The first-order valence-corrected chi connectivity index (χ1v) is 7.85. The normalized spacial score (nSPS) is 16.4. The number of fused-ring (bicyclic) bond motifs is 3. The van der Waals surface area contributed by atoms with Crippen LogP contribution in [-0.4, -0.2) is 0 Å². The monoisotopic (exact) mass is 312 g/mol. The molecule has 0 fully saturated rings. The molecular formula is C21H16N2O. The number of nitriles is 1. The second-order valence-corrected chi connectivity index (χ2v) is 6.04. The van der Waals surface area contributed by atoms with Gasteiger partial charge in [-0.2, -0.15) is 5.26 Å². The number of nitrogens with two attached hydrogens (primary N) is 1. The molecule has 1 atom stereocenters. The fourth-order valence-corrected chi connectivity index (χ4v) is 3.29. The van der Waals surface area contributed by atoms with Crippen LogP contribution >= 0.6 is 0 Å². The number of benzene rings is 3. The van der Waals surface area contributed by atoms with Crippen molar-refractivity contribution in [3.8, 4) is 11.8 Å². The van der Waals surface area contributed by atoms with E-state index in [4.69, 9.17) is 10.5 Å². The largest absolute Gasteiger partial charge is 0.440 e. The molecule has 24 heavy (non-hydrogen) atoms. The van der Waals surface area contributed by atoms with Gasteiger partial charge in [0, 0.05) is 10.9 Å². The van der Waals surface area contributed by atoms with Crippen molar-refractivity contribution in [3.63, 3.8) is 0 Å². The van der Waals surface area contributed by atoms with E-state index in [9.17, 15) is 5.26 Å². The average molecular weight is 312 g/mol. The third-order valence-corrected chi connectivity index (χ3v) is 4.52. The highest BCUT2D eigenvalue weighted by Gasteiger charge is 2.31. The van der Waals surface area contributed by atoms with E-state index < -0.39 is 0 Å². The van der Waals surface area contributed by atoms with Gasteiger partial charge in [-0.15, -0.1) is 0 Å². The molecule has 3 aromatic carbocycles. The molecule has 116 valence electrons. The SMILES string of the molecule is Cc1ccc(C2C(C#N)=C(N)Oc3c2ccc2ccccc32)cc1. The summed E-state index contributed by atoms with van der Waals surface area (Å²) in [4.78, 5) is 0. The third-order valence-electron chi connectivity index (χ3n) is 4.52. The Morgan fingerprint density at radius 1 is 1.00 bits per heavy atom. The zero-order valence-electron chi connectivity index (χ0n) is 13.3. The first kappa shape index (κ1) is 14.3. The standard InChI is InChI=1S/C21H16N2O/c1-13-6-8-15(9-7-13)19-17-11-10-14-4-2-3-5-16(14)20(17)24-21(23)18(19)12-22/h2-11,19H,23H2,1H3. The van der Waals surface area contributed by atoms with Gasteiger partial charge in [-0.25, -0.2) is 0 Å². The average Bonchev–Trinajstić information content (AvgIpc) is 2.61. The fourth-order valence-electron chi connectivity index (χ4n) is 3.29. The molecule has 1 aliphatic rings. The minimum absolute atomic E-state index is 0.187. The number of aryl methyl sites for hydroxylation is 1. The highest BCUT2D eigenvalue weighted by Crippen LogP contribution is 2.45. The van der Waals surface area contributed by atoms with Gasteiger partial charge in [0.15, 0.2) is 0 Å². The molecule has 3 aromatic rings. The lowest BCUT2D eigenvalue weighted by Crippen LogP contribution is -2.21. The molecule has 0 aromatic heterocycles. The lowest BCUT2D eigenvalue weighted by atomic mass is 9.82. The summed E-state index contributed by atoms with van der Waals surface area (Å²) in [7, 11) is 0. The molecule has 1 heterocycles. The highest BCUT2D eigenvalue weighted by atomic mass is 16.5. The molecular weight excluding hydrogens is 296 g/mol. The van der Waals surface area contributed by atoms with Crippen molar-refractivity contribution in [1.29, 1.82) is 5.26 Å². The van der Waals surface area contributed by atoms with Gasteiger partial charge in [-0.05, 0) is 17.9 Å². The van der Waals surface area contributed by atoms with Crippen LogP contribution in [0.5, 0.6) is 5.75 Å². The van der Waals surface area contributed by atoms with Gasteiger partial charge in [0.2, 0.25) is 5.88 Å². The van der Waals surface area contributed by atoms with Gasteiger partial charge >= 0.3 is 0 Å². The van der Waals surface area contributed by atoms with Crippen LogP contribution < -0.4 is 10.5 Å². The van der Waals surface area contributed by atoms with Crippen LogP contribution in [0.2, 0.25) is 0 Å². The van der Waals surface area contributed by atoms with Crippen molar-refractivity contribution in [2.24, 2.45) is 5.73 Å². The van der Waals surface area contributed by atoms with E-state index in [1.807, 2.05) is 37.3 Å². The van der Waals surface area contributed by atoms with Gasteiger partial charge in [0.1, 0.15) is 17.4 Å². The van der Waals surface area contributed by atoms with Crippen molar-refractivity contribution in [2.45, 2.75) is 12.8 Å². The van der Waals surface area contributed by atoms with E-state index in [-0.39, 0.29) is 11.8 Å². The minimum atomic E-state index is -0.205. The van der Waals surface area contributed by atoms with Crippen LogP contribution in [0.15, 0.2) is 72.1 Å². The van der Waals surface area contributed by atoms with E-state index >= 15 is 0 Å². The second kappa shape index (κ2) is 5.43. The maximum atomic E-state index is 9.62. The summed E-state index contributed by atoms with van der Waals surface area (Å²) in [5, 5.41) is 11.7. The van der Waals surface area contributed by atoms with Crippen LogP contribution in [0.4, 0.5) is 0 Å². The highest BCUT2D eigenvalue weighted by molar-refractivity contribution is 5.90. The number of hydrogen-bond acceptors (Lipinski definition) is 3. The minimum Gasteiger partial charge on any atom is -0.440 e. The summed E-state index contributed by atoms with van der Waals surface area (Å²) < 4.78 is 5.86. The quantitative estimate of drug-likeness (QED) is 0.726. The molecule has 2 N–H and O–H groups in total. The zero-order valence-corrected chi connectivity index (χ0v) is 13.3. The Labute approximate surface area is 140 Å². The van der Waals surface area contributed by atoms with Crippen molar-refractivity contribution in [3.05, 3.63) is 88.8 Å². The van der Waals surface area contributed by atoms with E-state index in [0.717, 1.165) is 27.6 Å². The Balaban J connectivity index is 2.00. The topological polar surface area (TPSA) is 59.0 Å². The molecule has 0 saturated carbocycles. The van der Waals surface area contributed by atoms with E-state index in [0.29, 0.717) is 5.57 Å². The van der Waals surface area contributed by atoms with Crippen molar-refractivity contribution < 1.29 is 4.74 Å². The van der Waals surface area contributed by atoms with E-state index in [1.165, 1.54) is 5.56 Å². The van der Waals surface area contributed by atoms with Gasteiger partial charge < -0.3 is 10.5 Å². The molecule has 0 saturated heterocycles. The number of rotatable bonds is 1. The lowest BCUT2D eigenvalue weighted by Gasteiger charge is -2.27. The molecule has 1 unspecified atom stereocenters. The molecule has 3 nitrogen and oxygen atoms in total. The Hall–Kier alpha value is -3.25. The molecule has 3 heteroatoms. The summed E-state index contributed by atoms with van der Waals surface area (Å²) in [5.41, 5.74) is 9.75. The predicted molar refractivity (Wildman–Crippen MR) is 94.4 cm³/mol. The predicted octanol–water partition coefficient (Wildman–Crippen LogP) is 4.37. The van der Waals surface area contributed by atoms with Crippen LogP contribution in [0.1, 0.15) is 22.6 Å². The first-order valence-electron chi connectivity index (χ1n) is 7.85. The number of nitrogens with zero attached hydrogens (tertiary/aromatic N) is 1. The summed E-state index contributed by atoms with van der Waals surface area (Å²) in [5.74, 6) is 0.728. The smallest absolute Gasteiger partial charge is 0.205 e. The van der Waals surface area contributed by atoms with Gasteiger partial charge in [-0.1, -0.05) is 66.2 Å². The van der Waals surface area contributed by atoms with E-state index in [1.54, 1.807) is 0 Å². The number of ether oxygens (including phenoxy) is 1. The molecule has 0 amide bonds. The van der Waals surface area contributed by atoms with Crippen LogP contribution in [0.25, 0.3) is 10.8 Å². The summed E-state index contributed by atoms with van der Waals surface area (Å²) in [6, 6.07) is 22.6. The maximum absolute atomic E-state index is 9.62. The first-order chi connectivity index (χ1) is 11.7. The lowest BCUT2D eigenvalue weighted by molar-refractivity contribution is 0.398. The summed E-state index contributed by atoms with van der Waals surface area (Å²) >= 11 is 0. The number of allylic oxidation sites excluding steroid dienone is 1. The fraction of sp³-hybridized carbons (Fsp3) is 0.0952. The Morgan fingerprint density at radius 2 is 1.75 bits per heavy atom. The Bertz CT molecular complexity index is 1010. The molecule has 0 spiro atoms. The van der Waals surface area contributed by atoms with Crippen LogP contribution in [0, 0.1) is 18.3 Å². The molecule has 4 rings (SSSR count). The van der Waals surface area contributed by atoms with Gasteiger partial charge in [0.05, 0.1) is 5.92 Å². The van der Waals surface area contributed by atoms with Crippen LogP contribution in [0.3, 0.4) is 0 Å². The van der Waals surface area contributed by atoms with Crippen molar-refractivity contribution >= 4 is 10.8 Å². The van der Waals surface area contributed by atoms with Crippen molar-refractivity contribution in [1.82, 2.24) is 0 Å². The Kier molecular flexibility index (Phi) is 3.25. The number of hydrogen-bond donors (Lipinski definition) is 1. The van der Waals surface area contributed by atoms with Crippen molar-refractivity contribution in [2.75, 3.05) is 0 Å². The zero-order chi connectivity index (χ0) is 16.7.